The third-order valence-electron chi connectivity index (χ3n) is 2.96. The molecule has 1 aromatic carbocycles. The van der Waals surface area contributed by atoms with Crippen molar-refractivity contribution in [3.8, 4) is 5.75 Å². The van der Waals surface area contributed by atoms with Crippen LogP contribution in [-0.4, -0.2) is 19.5 Å². The molecule has 0 amide bonds. The fraction of sp³-hybridized carbons (Fsp3) is 0.400. The monoisotopic (exact) mass is 340 g/mol. The van der Waals surface area contributed by atoms with Crippen LogP contribution in [0, 0.1) is 0 Å². The van der Waals surface area contributed by atoms with E-state index in [2.05, 4.69) is 9.71 Å². The number of rotatable bonds is 7. The van der Waals surface area contributed by atoms with Gasteiger partial charge >= 0.3 is 0 Å². The van der Waals surface area contributed by atoms with Crippen molar-refractivity contribution in [1.82, 2.24) is 9.71 Å². The summed E-state index contributed by atoms with van der Waals surface area (Å²) < 4.78 is 33.1. The van der Waals surface area contributed by atoms with Crippen LogP contribution in [0.4, 0.5) is 0 Å². The molecule has 1 aromatic heterocycles. The van der Waals surface area contributed by atoms with Crippen LogP contribution in [0.15, 0.2) is 40.7 Å². The van der Waals surface area contributed by atoms with Crippen LogP contribution in [0.1, 0.15) is 38.2 Å². The molecule has 0 spiro atoms. The Labute approximate surface area is 135 Å². The number of hydrogen-bond acceptors (Lipinski definition) is 5. The van der Waals surface area contributed by atoms with Gasteiger partial charge in [0.05, 0.1) is 17.0 Å². The number of nitrogens with one attached hydrogen (secondary N) is 1. The Kier molecular flexibility index (Phi) is 5.55. The number of sulfonamides is 1. The van der Waals surface area contributed by atoms with Crippen molar-refractivity contribution in [3.63, 3.8) is 0 Å². The van der Waals surface area contributed by atoms with Gasteiger partial charge in [0.15, 0.2) is 0 Å². The molecule has 0 aliphatic carbocycles. The summed E-state index contributed by atoms with van der Waals surface area (Å²) in [6, 6.07) is 6.12. The van der Waals surface area contributed by atoms with E-state index in [1.165, 1.54) is 11.3 Å². The Bertz CT molecular complexity index is 680. The van der Waals surface area contributed by atoms with E-state index in [-0.39, 0.29) is 17.0 Å². The van der Waals surface area contributed by atoms with Gasteiger partial charge in [0, 0.05) is 11.6 Å². The second-order valence-corrected chi connectivity index (χ2v) is 7.73. The Morgan fingerprint density at radius 2 is 1.95 bits per heavy atom. The maximum Gasteiger partial charge on any atom is 0.241 e. The average Bonchev–Trinajstić information content (AvgIpc) is 2.99. The van der Waals surface area contributed by atoms with Crippen molar-refractivity contribution < 1.29 is 13.2 Å². The average molecular weight is 340 g/mol. The minimum atomic E-state index is -3.58. The summed E-state index contributed by atoms with van der Waals surface area (Å²) in [4.78, 5) is 4.40. The zero-order valence-corrected chi connectivity index (χ0v) is 14.4. The van der Waals surface area contributed by atoms with Crippen molar-refractivity contribution >= 4 is 21.4 Å². The van der Waals surface area contributed by atoms with Crippen LogP contribution in [0.25, 0.3) is 0 Å². The lowest BCUT2D eigenvalue weighted by molar-refractivity contribution is 0.242. The second kappa shape index (κ2) is 7.21. The highest BCUT2D eigenvalue weighted by atomic mass is 32.2. The molecule has 22 heavy (non-hydrogen) atoms. The molecule has 1 N–H and O–H groups in total. The van der Waals surface area contributed by atoms with Crippen LogP contribution in [0.2, 0.25) is 0 Å². The number of hydrogen-bond donors (Lipinski definition) is 1. The molecule has 0 fully saturated rings. The maximum atomic E-state index is 12.5. The zero-order valence-electron chi connectivity index (χ0n) is 12.8. The molecule has 5 nitrogen and oxygen atoms in total. The maximum absolute atomic E-state index is 12.5. The molecule has 0 bridgehead atoms. The van der Waals surface area contributed by atoms with Crippen molar-refractivity contribution in [1.29, 1.82) is 0 Å². The van der Waals surface area contributed by atoms with Crippen LogP contribution >= 0.6 is 11.3 Å². The third kappa shape index (κ3) is 4.28. The topological polar surface area (TPSA) is 68.3 Å². The summed E-state index contributed by atoms with van der Waals surface area (Å²) in [6.45, 7) is 5.77. The molecule has 0 saturated heterocycles. The highest BCUT2D eigenvalue weighted by Gasteiger charge is 2.21. The van der Waals surface area contributed by atoms with Crippen molar-refractivity contribution in [2.75, 3.05) is 0 Å². The largest absolute Gasteiger partial charge is 0.491 e. The summed E-state index contributed by atoms with van der Waals surface area (Å²) >= 11 is 1.44. The molecule has 0 radical (unpaired) electrons. The smallest absolute Gasteiger partial charge is 0.241 e. The van der Waals surface area contributed by atoms with E-state index in [9.17, 15) is 8.42 Å². The molecule has 1 heterocycles. The molecule has 1 atom stereocenters. The first-order chi connectivity index (χ1) is 10.4. The van der Waals surface area contributed by atoms with E-state index in [4.69, 9.17) is 4.74 Å². The van der Waals surface area contributed by atoms with Crippen LogP contribution < -0.4 is 9.46 Å². The lowest BCUT2D eigenvalue weighted by Gasteiger charge is -2.15. The number of ether oxygens (including phenoxy) is 1. The van der Waals surface area contributed by atoms with Gasteiger partial charge in [-0.3, -0.25) is 0 Å². The summed E-state index contributed by atoms with van der Waals surface area (Å²) in [7, 11) is -3.58. The first kappa shape index (κ1) is 16.9. The van der Waals surface area contributed by atoms with Gasteiger partial charge in [-0.25, -0.2) is 18.1 Å². The van der Waals surface area contributed by atoms with Gasteiger partial charge < -0.3 is 4.74 Å². The van der Waals surface area contributed by atoms with E-state index in [0.717, 1.165) is 5.01 Å². The predicted molar refractivity (Wildman–Crippen MR) is 87.7 cm³/mol. The van der Waals surface area contributed by atoms with Gasteiger partial charge in [-0.2, -0.15) is 0 Å². The molecular formula is C15H20N2O3S2. The summed E-state index contributed by atoms with van der Waals surface area (Å²) in [5.74, 6) is 0.654. The van der Waals surface area contributed by atoms with Crippen LogP contribution in [0.5, 0.6) is 5.75 Å². The fourth-order valence-corrected chi connectivity index (χ4v) is 4.07. The van der Waals surface area contributed by atoms with Crippen LogP contribution in [-0.2, 0) is 10.0 Å². The van der Waals surface area contributed by atoms with Gasteiger partial charge in [-0.1, -0.05) is 6.92 Å². The molecular weight excluding hydrogens is 320 g/mol. The van der Waals surface area contributed by atoms with Crippen molar-refractivity contribution in [3.05, 3.63) is 40.8 Å². The number of benzene rings is 1. The Morgan fingerprint density at radius 1 is 1.27 bits per heavy atom. The minimum absolute atomic E-state index is 0.0509. The van der Waals surface area contributed by atoms with Crippen molar-refractivity contribution in [2.24, 2.45) is 0 Å². The van der Waals surface area contributed by atoms with E-state index in [1.807, 2.05) is 26.2 Å². The first-order valence-corrected chi connectivity index (χ1v) is 9.47. The van der Waals surface area contributed by atoms with Crippen LogP contribution in [0.3, 0.4) is 0 Å². The zero-order chi connectivity index (χ0) is 16.2. The molecule has 0 saturated carbocycles. The number of nitrogens with zero attached hydrogens (tertiary/aromatic N) is 1. The first-order valence-electron chi connectivity index (χ1n) is 7.11. The molecule has 2 aromatic rings. The van der Waals surface area contributed by atoms with Gasteiger partial charge in [0.25, 0.3) is 0 Å². The Morgan fingerprint density at radius 3 is 2.45 bits per heavy atom. The van der Waals surface area contributed by atoms with E-state index >= 15 is 0 Å². The summed E-state index contributed by atoms with van der Waals surface area (Å²) in [5, 5.41) is 2.61. The molecule has 0 aliphatic rings. The summed E-state index contributed by atoms with van der Waals surface area (Å²) in [6.07, 6.45) is 2.37. The normalized spacial score (nSPS) is 13.3. The summed E-state index contributed by atoms with van der Waals surface area (Å²) in [5.41, 5.74) is 0. The quantitative estimate of drug-likeness (QED) is 0.839. The fourth-order valence-electron chi connectivity index (χ4n) is 1.94. The highest BCUT2D eigenvalue weighted by Crippen LogP contribution is 2.23. The number of aromatic nitrogens is 1. The van der Waals surface area contributed by atoms with Gasteiger partial charge in [-0.15, -0.1) is 11.3 Å². The van der Waals surface area contributed by atoms with E-state index < -0.39 is 10.0 Å². The lowest BCUT2D eigenvalue weighted by Crippen LogP contribution is -2.28. The minimum Gasteiger partial charge on any atom is -0.491 e. The SMILES string of the molecule is CCC(NS(=O)(=O)c1ccc(OC(C)C)cc1)c1nccs1. The van der Waals surface area contributed by atoms with Gasteiger partial charge in [0.1, 0.15) is 10.8 Å². The number of thiazole rings is 1. The Balaban J connectivity index is 2.15. The standard InChI is InChI=1S/C15H20N2O3S2/c1-4-14(15-16-9-10-21-15)17-22(18,19)13-7-5-12(6-8-13)20-11(2)3/h5-11,14,17H,4H2,1-3H3. The lowest BCUT2D eigenvalue weighted by atomic mass is 10.3. The molecule has 120 valence electrons. The molecule has 7 heteroatoms. The van der Waals surface area contributed by atoms with E-state index in [1.54, 1.807) is 30.5 Å². The third-order valence-corrected chi connectivity index (χ3v) is 5.34. The Hall–Kier alpha value is -1.44. The second-order valence-electron chi connectivity index (χ2n) is 5.09. The van der Waals surface area contributed by atoms with Crippen molar-refractivity contribution in [2.45, 2.75) is 44.2 Å². The molecule has 1 unspecified atom stereocenters. The highest BCUT2D eigenvalue weighted by molar-refractivity contribution is 7.89. The van der Waals surface area contributed by atoms with Gasteiger partial charge in [0.2, 0.25) is 10.0 Å². The van der Waals surface area contributed by atoms with Gasteiger partial charge in [-0.05, 0) is 44.5 Å². The molecule has 0 aliphatic heterocycles. The molecule has 2 rings (SSSR count). The van der Waals surface area contributed by atoms with E-state index in [0.29, 0.717) is 12.2 Å². The predicted octanol–water partition coefficient (Wildman–Crippen LogP) is 3.36.